The van der Waals surface area contributed by atoms with Crippen LogP contribution in [-0.4, -0.2) is 23.2 Å². The molecule has 3 aromatic rings. The fraction of sp³-hybridized carbons (Fsp3) is 0.0588. The normalized spacial score (nSPS) is 10.3. The average Bonchev–Trinajstić information content (AvgIpc) is 3.06. The summed E-state index contributed by atoms with van der Waals surface area (Å²) >= 11 is 6.05. The molecule has 0 aliphatic carbocycles. The van der Waals surface area contributed by atoms with E-state index in [1.165, 1.54) is 7.11 Å². The van der Waals surface area contributed by atoms with E-state index in [0.29, 0.717) is 27.8 Å². The summed E-state index contributed by atoms with van der Waals surface area (Å²) in [7, 11) is 1.54. The second-order valence-corrected chi connectivity index (χ2v) is 5.24. The van der Waals surface area contributed by atoms with Gasteiger partial charge in [0.05, 0.1) is 17.8 Å². The van der Waals surface area contributed by atoms with Gasteiger partial charge in [0.2, 0.25) is 0 Å². The number of halogens is 1. The van der Waals surface area contributed by atoms with Crippen LogP contribution in [0.4, 0.5) is 5.69 Å². The third-order valence-corrected chi connectivity index (χ3v) is 3.60. The number of nitrogens with one attached hydrogen (secondary N) is 2. The maximum atomic E-state index is 12.3. The van der Waals surface area contributed by atoms with Crippen LogP contribution in [0.2, 0.25) is 5.02 Å². The van der Waals surface area contributed by atoms with Gasteiger partial charge in [0.25, 0.3) is 5.91 Å². The van der Waals surface area contributed by atoms with Crippen LogP contribution in [0.1, 0.15) is 10.5 Å². The summed E-state index contributed by atoms with van der Waals surface area (Å²) in [6.45, 7) is 0. The number of carbonyl (C=O) groups excluding carboxylic acids is 1. The molecule has 116 valence electrons. The van der Waals surface area contributed by atoms with E-state index in [9.17, 15) is 4.79 Å². The molecule has 0 bridgehead atoms. The van der Waals surface area contributed by atoms with Crippen molar-refractivity contribution in [2.45, 2.75) is 0 Å². The maximum absolute atomic E-state index is 12.3. The molecule has 0 unspecified atom stereocenters. The molecule has 0 aliphatic rings. The molecule has 23 heavy (non-hydrogen) atoms. The summed E-state index contributed by atoms with van der Waals surface area (Å²) in [5, 5.41) is 10.1. The number of nitrogens with zero attached hydrogens (tertiary/aromatic N) is 1. The molecule has 2 N–H and O–H groups in total. The lowest BCUT2D eigenvalue weighted by molar-refractivity contribution is 0.102. The highest BCUT2D eigenvalue weighted by molar-refractivity contribution is 6.32. The predicted octanol–water partition coefficient (Wildman–Crippen LogP) is 3.99. The minimum absolute atomic E-state index is 0.291. The molecule has 6 heteroatoms. The van der Waals surface area contributed by atoms with Crippen LogP contribution < -0.4 is 10.1 Å². The minimum atomic E-state index is -0.291. The number of carbonyl (C=O) groups is 1. The Bertz CT molecular complexity index is 831. The molecule has 0 saturated heterocycles. The van der Waals surface area contributed by atoms with Gasteiger partial charge in [-0.05, 0) is 24.3 Å². The summed E-state index contributed by atoms with van der Waals surface area (Å²) in [5.41, 5.74) is 2.60. The molecule has 0 aliphatic heterocycles. The van der Waals surface area contributed by atoms with Crippen LogP contribution in [-0.2, 0) is 0 Å². The minimum Gasteiger partial charge on any atom is -0.495 e. The Kier molecular flexibility index (Phi) is 4.30. The molecule has 1 amide bonds. The number of methoxy groups -OCH3 is 1. The maximum Gasteiger partial charge on any atom is 0.273 e. The SMILES string of the molecule is COc1ccc(NC(=O)c2cc(-c3ccccc3)n[nH]2)cc1Cl. The van der Waals surface area contributed by atoms with Gasteiger partial charge in [-0.2, -0.15) is 5.10 Å². The quantitative estimate of drug-likeness (QED) is 0.761. The van der Waals surface area contributed by atoms with Crippen LogP contribution in [0.5, 0.6) is 5.75 Å². The molecule has 0 fully saturated rings. The Morgan fingerprint density at radius 2 is 1.96 bits per heavy atom. The van der Waals surface area contributed by atoms with Gasteiger partial charge < -0.3 is 10.1 Å². The highest BCUT2D eigenvalue weighted by Gasteiger charge is 2.12. The second-order valence-electron chi connectivity index (χ2n) is 4.84. The predicted molar refractivity (Wildman–Crippen MR) is 90.0 cm³/mol. The van der Waals surface area contributed by atoms with Crippen LogP contribution >= 0.6 is 11.6 Å². The molecule has 2 aromatic carbocycles. The molecule has 0 atom stereocenters. The Morgan fingerprint density at radius 1 is 1.17 bits per heavy atom. The zero-order chi connectivity index (χ0) is 16.2. The molecule has 1 aromatic heterocycles. The highest BCUT2D eigenvalue weighted by atomic mass is 35.5. The summed E-state index contributed by atoms with van der Waals surface area (Å²) in [6, 6.07) is 16.4. The van der Waals surface area contributed by atoms with Crippen molar-refractivity contribution in [3.63, 3.8) is 0 Å². The van der Waals surface area contributed by atoms with E-state index in [1.807, 2.05) is 30.3 Å². The summed E-state index contributed by atoms with van der Waals surface area (Å²) in [6.07, 6.45) is 0. The fourth-order valence-corrected chi connectivity index (χ4v) is 2.40. The zero-order valence-corrected chi connectivity index (χ0v) is 13.1. The monoisotopic (exact) mass is 327 g/mol. The molecule has 0 saturated carbocycles. The summed E-state index contributed by atoms with van der Waals surface area (Å²) in [5.74, 6) is 0.262. The molecule has 0 spiro atoms. The van der Waals surface area contributed by atoms with Crippen LogP contribution in [0.3, 0.4) is 0 Å². The Hall–Kier alpha value is -2.79. The van der Waals surface area contributed by atoms with E-state index in [0.717, 1.165) is 5.56 Å². The van der Waals surface area contributed by atoms with Gasteiger partial charge in [-0.25, -0.2) is 0 Å². The van der Waals surface area contributed by atoms with Crippen molar-refractivity contribution < 1.29 is 9.53 Å². The lowest BCUT2D eigenvalue weighted by Crippen LogP contribution is -2.12. The first-order valence-electron chi connectivity index (χ1n) is 6.93. The van der Waals surface area contributed by atoms with Crippen LogP contribution in [0.25, 0.3) is 11.3 Å². The average molecular weight is 328 g/mol. The van der Waals surface area contributed by atoms with Crippen molar-refractivity contribution in [1.82, 2.24) is 10.2 Å². The first-order chi connectivity index (χ1) is 11.2. The topological polar surface area (TPSA) is 67.0 Å². The molecule has 3 rings (SSSR count). The number of aromatic amines is 1. The zero-order valence-electron chi connectivity index (χ0n) is 12.3. The van der Waals surface area contributed by atoms with Gasteiger partial charge >= 0.3 is 0 Å². The van der Waals surface area contributed by atoms with Crippen molar-refractivity contribution in [3.8, 4) is 17.0 Å². The first kappa shape index (κ1) is 15.1. The van der Waals surface area contributed by atoms with Crippen molar-refractivity contribution >= 4 is 23.2 Å². The third-order valence-electron chi connectivity index (χ3n) is 3.30. The van der Waals surface area contributed by atoms with Crippen molar-refractivity contribution in [2.75, 3.05) is 12.4 Å². The first-order valence-corrected chi connectivity index (χ1v) is 7.31. The van der Waals surface area contributed by atoms with Crippen molar-refractivity contribution in [2.24, 2.45) is 0 Å². The van der Waals surface area contributed by atoms with Gasteiger partial charge in [-0.3, -0.25) is 9.89 Å². The van der Waals surface area contributed by atoms with Crippen molar-refractivity contribution in [3.05, 3.63) is 65.3 Å². The number of hydrogen-bond donors (Lipinski definition) is 2. The Labute approximate surface area is 138 Å². The summed E-state index contributed by atoms with van der Waals surface area (Å²) < 4.78 is 5.08. The Morgan fingerprint density at radius 3 is 2.65 bits per heavy atom. The number of rotatable bonds is 4. The molecule has 1 heterocycles. The third kappa shape index (κ3) is 3.35. The van der Waals surface area contributed by atoms with Gasteiger partial charge in [-0.1, -0.05) is 41.9 Å². The number of anilines is 1. The fourth-order valence-electron chi connectivity index (χ4n) is 2.14. The van der Waals surface area contributed by atoms with Gasteiger partial charge in [-0.15, -0.1) is 0 Å². The number of benzene rings is 2. The van der Waals surface area contributed by atoms with Crippen LogP contribution in [0, 0.1) is 0 Å². The van der Waals surface area contributed by atoms with E-state index < -0.39 is 0 Å². The molecule has 0 radical (unpaired) electrons. The number of hydrogen-bond acceptors (Lipinski definition) is 3. The van der Waals surface area contributed by atoms with E-state index in [2.05, 4.69) is 15.5 Å². The van der Waals surface area contributed by atoms with E-state index in [1.54, 1.807) is 24.3 Å². The van der Waals surface area contributed by atoms with Gasteiger partial charge in [0, 0.05) is 11.3 Å². The highest BCUT2D eigenvalue weighted by Crippen LogP contribution is 2.27. The lowest BCUT2D eigenvalue weighted by atomic mass is 10.1. The van der Waals surface area contributed by atoms with Crippen molar-refractivity contribution in [1.29, 1.82) is 0 Å². The Balaban J connectivity index is 1.76. The van der Waals surface area contributed by atoms with Gasteiger partial charge in [0.15, 0.2) is 0 Å². The van der Waals surface area contributed by atoms with Gasteiger partial charge in [0.1, 0.15) is 11.4 Å². The number of aromatic nitrogens is 2. The summed E-state index contributed by atoms with van der Waals surface area (Å²) in [4.78, 5) is 12.3. The number of amides is 1. The van der Waals surface area contributed by atoms with Crippen LogP contribution in [0.15, 0.2) is 54.6 Å². The number of H-pyrrole nitrogens is 1. The lowest BCUT2D eigenvalue weighted by Gasteiger charge is -2.07. The molecular formula is C17H14ClN3O2. The van der Waals surface area contributed by atoms with E-state index in [4.69, 9.17) is 16.3 Å². The number of ether oxygens (including phenoxy) is 1. The second kappa shape index (κ2) is 6.54. The molecule has 5 nitrogen and oxygen atoms in total. The largest absolute Gasteiger partial charge is 0.495 e. The molecular weight excluding hydrogens is 314 g/mol. The smallest absolute Gasteiger partial charge is 0.273 e. The standard InChI is InChI=1S/C17H14ClN3O2/c1-23-16-8-7-12(9-13(16)18)19-17(22)15-10-14(20-21-15)11-5-3-2-4-6-11/h2-10H,1H3,(H,19,22)(H,20,21). The van der Waals surface area contributed by atoms with E-state index >= 15 is 0 Å². The van der Waals surface area contributed by atoms with E-state index in [-0.39, 0.29) is 5.91 Å².